The number of benzene rings is 1. The van der Waals surface area contributed by atoms with Crippen LogP contribution in [0.25, 0.3) is 0 Å². The fraction of sp³-hybridized carbons (Fsp3) is 0.429. The lowest BCUT2D eigenvalue weighted by Gasteiger charge is -2.15. The average Bonchev–Trinajstić information content (AvgIpc) is 2.75. The first kappa shape index (κ1) is 15.1. The lowest BCUT2D eigenvalue weighted by Crippen LogP contribution is -2.33. The van der Waals surface area contributed by atoms with Crippen molar-refractivity contribution in [1.29, 1.82) is 0 Å². The summed E-state index contributed by atoms with van der Waals surface area (Å²) in [5.41, 5.74) is 1.80. The summed E-state index contributed by atoms with van der Waals surface area (Å²) in [6, 6.07) is 8.34. The molecule has 1 N–H and O–H groups in total. The van der Waals surface area contributed by atoms with E-state index in [2.05, 4.69) is 15.0 Å². The lowest BCUT2D eigenvalue weighted by molar-refractivity contribution is 0.0954. The van der Waals surface area contributed by atoms with Gasteiger partial charge < -0.3 is 4.74 Å². The van der Waals surface area contributed by atoms with Crippen LogP contribution in [0.2, 0.25) is 0 Å². The van der Waals surface area contributed by atoms with Crippen LogP contribution in [-0.4, -0.2) is 36.6 Å². The Kier molecular flexibility index (Phi) is 4.23. The topological polar surface area (TPSA) is 86.1 Å². The number of rotatable bonds is 4. The van der Waals surface area contributed by atoms with Gasteiger partial charge >= 0.3 is 0 Å². The van der Waals surface area contributed by atoms with Crippen LogP contribution in [0.4, 0.5) is 0 Å². The average molecular weight is 322 g/mol. The maximum Gasteiger partial charge on any atom is 0.240 e. The fourth-order valence-electron chi connectivity index (χ4n) is 2.40. The summed E-state index contributed by atoms with van der Waals surface area (Å²) in [7, 11) is -3.49. The van der Waals surface area contributed by atoms with E-state index in [0.717, 1.165) is 11.4 Å². The minimum absolute atomic E-state index is 0.0147. The van der Waals surface area contributed by atoms with E-state index in [1.807, 2.05) is 6.92 Å². The zero-order valence-electron chi connectivity index (χ0n) is 12.3. The molecule has 8 heteroatoms. The van der Waals surface area contributed by atoms with Gasteiger partial charge in [0.05, 0.1) is 29.5 Å². The second kappa shape index (κ2) is 6.15. The van der Waals surface area contributed by atoms with Crippen LogP contribution in [0, 0.1) is 12.8 Å². The highest BCUT2D eigenvalue weighted by molar-refractivity contribution is 7.89. The van der Waals surface area contributed by atoms with Crippen molar-refractivity contribution in [3.8, 4) is 0 Å². The Morgan fingerprint density at radius 3 is 2.91 bits per heavy atom. The van der Waals surface area contributed by atoms with E-state index in [9.17, 15) is 8.42 Å². The third-order valence-corrected chi connectivity index (χ3v) is 5.11. The van der Waals surface area contributed by atoms with E-state index in [1.54, 1.807) is 35.0 Å². The third kappa shape index (κ3) is 3.18. The molecule has 1 aliphatic heterocycles. The van der Waals surface area contributed by atoms with Crippen molar-refractivity contribution >= 4 is 10.0 Å². The molecule has 2 heterocycles. The molecule has 2 aromatic rings. The molecule has 0 bridgehead atoms. The van der Waals surface area contributed by atoms with Crippen LogP contribution in [0.1, 0.15) is 11.4 Å². The Labute approximate surface area is 129 Å². The molecule has 0 saturated carbocycles. The zero-order chi connectivity index (χ0) is 15.6. The standard InChI is InChI=1S/C14H18N4O3S/c1-11-14-10-21-9-12(8-18(14)17-16-11)7-15-22(19,20)13-5-3-2-4-6-13/h2-6,12,15H,7-10H2,1H3. The summed E-state index contributed by atoms with van der Waals surface area (Å²) < 4.78 is 34.5. The summed E-state index contributed by atoms with van der Waals surface area (Å²) in [6.45, 7) is 3.73. The molecule has 0 amide bonds. The van der Waals surface area contributed by atoms with Gasteiger partial charge in [-0.25, -0.2) is 17.8 Å². The SMILES string of the molecule is Cc1nnn2c1COCC(CNS(=O)(=O)c1ccccc1)C2. The van der Waals surface area contributed by atoms with E-state index >= 15 is 0 Å². The second-order valence-electron chi connectivity index (χ2n) is 5.35. The minimum Gasteiger partial charge on any atom is -0.375 e. The first-order valence-electron chi connectivity index (χ1n) is 7.07. The van der Waals surface area contributed by atoms with Crippen molar-refractivity contribution in [2.24, 2.45) is 5.92 Å². The number of ether oxygens (including phenoxy) is 1. The maximum atomic E-state index is 12.2. The molecule has 1 aromatic heterocycles. The van der Waals surface area contributed by atoms with Crippen LogP contribution in [0.5, 0.6) is 0 Å². The van der Waals surface area contributed by atoms with Crippen LogP contribution >= 0.6 is 0 Å². The number of fused-ring (bicyclic) bond motifs is 1. The van der Waals surface area contributed by atoms with E-state index in [0.29, 0.717) is 26.3 Å². The summed E-state index contributed by atoms with van der Waals surface area (Å²) in [6.07, 6.45) is 0. The van der Waals surface area contributed by atoms with Crippen LogP contribution in [0.15, 0.2) is 35.2 Å². The number of hydrogen-bond acceptors (Lipinski definition) is 5. The number of aromatic nitrogens is 3. The number of hydrogen-bond donors (Lipinski definition) is 1. The molecular weight excluding hydrogens is 304 g/mol. The van der Waals surface area contributed by atoms with Gasteiger partial charge in [0.15, 0.2) is 0 Å². The molecule has 0 radical (unpaired) electrons. The van der Waals surface area contributed by atoms with E-state index in [-0.39, 0.29) is 10.8 Å². The molecule has 7 nitrogen and oxygen atoms in total. The van der Waals surface area contributed by atoms with Gasteiger partial charge in [-0.3, -0.25) is 0 Å². The van der Waals surface area contributed by atoms with Crippen LogP contribution in [0.3, 0.4) is 0 Å². The molecular formula is C14H18N4O3S. The smallest absolute Gasteiger partial charge is 0.240 e. The summed E-state index contributed by atoms with van der Waals surface area (Å²) in [4.78, 5) is 0.266. The Morgan fingerprint density at radius 1 is 1.36 bits per heavy atom. The molecule has 1 aliphatic rings. The minimum atomic E-state index is -3.49. The number of nitrogens with one attached hydrogen (secondary N) is 1. The quantitative estimate of drug-likeness (QED) is 0.896. The van der Waals surface area contributed by atoms with E-state index in [4.69, 9.17) is 4.74 Å². The predicted molar refractivity (Wildman–Crippen MR) is 79.5 cm³/mol. The number of sulfonamides is 1. The van der Waals surface area contributed by atoms with Gasteiger partial charge in [0.1, 0.15) is 0 Å². The number of aryl methyl sites for hydroxylation is 1. The van der Waals surface area contributed by atoms with Crippen molar-refractivity contribution in [2.75, 3.05) is 13.2 Å². The summed E-state index contributed by atoms with van der Waals surface area (Å²) in [5, 5.41) is 8.10. The van der Waals surface area contributed by atoms with Gasteiger partial charge in [-0.05, 0) is 19.1 Å². The lowest BCUT2D eigenvalue weighted by atomic mass is 10.1. The number of nitrogens with zero attached hydrogens (tertiary/aromatic N) is 3. The third-order valence-electron chi connectivity index (χ3n) is 3.67. The van der Waals surface area contributed by atoms with Gasteiger partial charge in [-0.2, -0.15) is 0 Å². The predicted octanol–water partition coefficient (Wildman–Crippen LogP) is 0.711. The van der Waals surface area contributed by atoms with Gasteiger partial charge in [0, 0.05) is 19.0 Å². The fourth-order valence-corrected chi connectivity index (χ4v) is 3.54. The van der Waals surface area contributed by atoms with Gasteiger partial charge in [-0.1, -0.05) is 23.4 Å². The van der Waals surface area contributed by atoms with Gasteiger partial charge in [-0.15, -0.1) is 5.10 Å². The monoisotopic (exact) mass is 322 g/mol. The Balaban J connectivity index is 1.67. The zero-order valence-corrected chi connectivity index (χ0v) is 13.1. The van der Waals surface area contributed by atoms with E-state index in [1.165, 1.54) is 0 Å². The highest BCUT2D eigenvalue weighted by atomic mass is 32.2. The maximum absolute atomic E-state index is 12.2. The highest BCUT2D eigenvalue weighted by Crippen LogP contribution is 2.15. The molecule has 0 spiro atoms. The highest BCUT2D eigenvalue weighted by Gasteiger charge is 2.22. The van der Waals surface area contributed by atoms with Gasteiger partial charge in [0.25, 0.3) is 0 Å². The van der Waals surface area contributed by atoms with Crippen molar-refractivity contribution in [2.45, 2.75) is 25.0 Å². The summed E-state index contributed by atoms with van der Waals surface area (Å²) >= 11 is 0. The normalized spacial score (nSPS) is 18.7. The summed E-state index contributed by atoms with van der Waals surface area (Å²) in [5.74, 6) is 0.0147. The first-order chi connectivity index (χ1) is 10.6. The second-order valence-corrected chi connectivity index (χ2v) is 7.12. The molecule has 3 rings (SSSR count). The van der Waals surface area contributed by atoms with Crippen molar-refractivity contribution < 1.29 is 13.2 Å². The molecule has 1 unspecified atom stereocenters. The van der Waals surface area contributed by atoms with E-state index < -0.39 is 10.0 Å². The van der Waals surface area contributed by atoms with Crippen LogP contribution in [-0.2, 0) is 27.9 Å². The van der Waals surface area contributed by atoms with Crippen molar-refractivity contribution in [1.82, 2.24) is 19.7 Å². The molecule has 1 atom stereocenters. The molecule has 0 fully saturated rings. The molecule has 1 aromatic carbocycles. The molecule has 0 aliphatic carbocycles. The first-order valence-corrected chi connectivity index (χ1v) is 8.56. The van der Waals surface area contributed by atoms with Crippen LogP contribution < -0.4 is 4.72 Å². The van der Waals surface area contributed by atoms with Crippen molar-refractivity contribution in [3.05, 3.63) is 41.7 Å². The molecule has 22 heavy (non-hydrogen) atoms. The molecule has 0 saturated heterocycles. The Morgan fingerprint density at radius 2 is 2.14 bits per heavy atom. The molecule has 118 valence electrons. The Hall–Kier alpha value is -1.77. The largest absolute Gasteiger partial charge is 0.375 e. The van der Waals surface area contributed by atoms with Gasteiger partial charge in [0.2, 0.25) is 10.0 Å². The Bertz CT molecular complexity index is 743. The van der Waals surface area contributed by atoms with Crippen molar-refractivity contribution in [3.63, 3.8) is 0 Å².